The number of urea groups is 1. The van der Waals surface area contributed by atoms with E-state index in [1.165, 1.54) is 11.8 Å². The van der Waals surface area contributed by atoms with E-state index in [1.54, 1.807) is 69.3 Å². The minimum absolute atomic E-state index is 0.0907. The normalized spacial score (nSPS) is 13.4. The van der Waals surface area contributed by atoms with Crippen LogP contribution in [0.1, 0.15) is 128 Å². The Balaban J connectivity index is 1.34. The number of aryl methyl sites for hydroxylation is 1. The van der Waals surface area contributed by atoms with Crippen LogP contribution in [0, 0.1) is 24.2 Å². The second kappa shape index (κ2) is 33.3. The Labute approximate surface area is 518 Å². The highest BCUT2D eigenvalue weighted by Gasteiger charge is 2.42. The lowest BCUT2D eigenvalue weighted by molar-refractivity contribution is -0.141. The summed E-state index contributed by atoms with van der Waals surface area (Å²) in [5.74, 6) is -4.38. The van der Waals surface area contributed by atoms with Crippen molar-refractivity contribution < 1.29 is 53.0 Å². The van der Waals surface area contributed by atoms with E-state index >= 15 is 0 Å². The quantitative estimate of drug-likeness (QED) is 0.0171. The van der Waals surface area contributed by atoms with Crippen LogP contribution >= 0.6 is 0 Å². The van der Waals surface area contributed by atoms with Crippen molar-refractivity contribution in [3.8, 4) is 0 Å². The second-order valence-electron chi connectivity index (χ2n) is 24.4. The van der Waals surface area contributed by atoms with Gasteiger partial charge in [-0.05, 0) is 103 Å². The third-order valence-electron chi connectivity index (χ3n) is 15.4. The molecule has 4 rings (SSSR count). The van der Waals surface area contributed by atoms with Crippen LogP contribution < -0.4 is 47.9 Å². The minimum atomic E-state index is -1.11. The molecule has 4 aromatic carbocycles. The Morgan fingerprint density at radius 1 is 0.739 bits per heavy atom. The number of primary amides is 1. The summed E-state index contributed by atoms with van der Waals surface area (Å²) in [7, 11) is 3.29. The number of likely N-dealkylation sites (N-methyl/N-ethyl adjacent to an activating group) is 2. The summed E-state index contributed by atoms with van der Waals surface area (Å²) in [6.45, 7) is 24.4. The van der Waals surface area contributed by atoms with E-state index < -0.39 is 88.7 Å². The van der Waals surface area contributed by atoms with E-state index in [0.717, 1.165) is 27.8 Å². The fourth-order valence-corrected chi connectivity index (χ4v) is 10.0. The monoisotopic (exact) mass is 1210 g/mol. The SMILES string of the molecule is C=Cc1ccccc1CN(C(=O)CCC(=O)N[C@H](C(=O)N[C@@H](CCCNC(N)=O)C(=O)Nc1ccc(COC(=O)NCc2ccc(C(C)(C)C(NC)C(=O)N[C@H](C(=O)N(C)[C@H](/C=C(\C)C(=O)O)C(C)C)C(C)(C)C)cc2)cc1)C(C)C)c1ccccc1C. The molecular weight excluding hydrogens is 1120 g/mol. The lowest BCUT2D eigenvalue weighted by Gasteiger charge is -2.40. The molecule has 0 radical (unpaired) electrons. The number of rotatable bonds is 31. The van der Waals surface area contributed by atoms with E-state index in [2.05, 4.69) is 43.8 Å². The third kappa shape index (κ3) is 21.2. The van der Waals surface area contributed by atoms with Gasteiger partial charge in [0.05, 0.1) is 18.6 Å². The van der Waals surface area contributed by atoms with Gasteiger partial charge in [0.15, 0.2) is 0 Å². The van der Waals surface area contributed by atoms with Crippen molar-refractivity contribution in [3.05, 3.63) is 149 Å². The first kappa shape index (κ1) is 71.6. The Kier molecular flexibility index (Phi) is 27.1. The molecule has 88 heavy (non-hydrogen) atoms. The van der Waals surface area contributed by atoms with Crippen LogP contribution in [0.2, 0.25) is 0 Å². The molecule has 0 bridgehead atoms. The summed E-state index contributed by atoms with van der Waals surface area (Å²) in [5, 5.41) is 29.3. The molecule has 9 amide bonds. The fourth-order valence-electron chi connectivity index (χ4n) is 10.0. The maximum absolute atomic E-state index is 14.1. The first-order valence-electron chi connectivity index (χ1n) is 29.6. The molecule has 5 atom stereocenters. The number of anilines is 2. The molecule has 0 heterocycles. The van der Waals surface area contributed by atoms with Gasteiger partial charge in [-0.15, -0.1) is 0 Å². The molecule has 0 saturated carbocycles. The Morgan fingerprint density at radius 2 is 1.36 bits per heavy atom. The summed E-state index contributed by atoms with van der Waals surface area (Å²) < 4.78 is 5.49. The number of nitrogens with two attached hydrogens (primary N) is 1. The largest absolute Gasteiger partial charge is 0.478 e. The number of hydrogen-bond acceptors (Lipinski definition) is 11. The number of alkyl carbamates (subject to hydrolysis) is 1. The Morgan fingerprint density at radius 3 is 1.94 bits per heavy atom. The molecule has 1 unspecified atom stereocenters. The van der Waals surface area contributed by atoms with E-state index in [-0.39, 0.29) is 75.2 Å². The number of hydrogen-bond donors (Lipinski definition) is 9. The standard InChI is InChI=1S/C67H92N10O11/c1-15-47-22-17-18-23-48(47)39-77(52-25-19-16-21-43(52)6)55(79)35-34-54(78)74-56(42(4)5)60(81)73-51(24-20-36-70-64(68)86)59(80)72-50-32-28-46(29-33-50)40-88-65(87)71-38-45-26-30-49(31-27-45)67(11,12)57(69-13)61(82)75-58(66(8,9)10)62(83)76(14)53(41(2)3)37-44(7)63(84)85/h15-19,21-23,25-33,37,41-42,51,53,56-58,69H,1,20,24,34-36,38-40H2,2-14H3,(H,71,87)(H,72,80)(H,73,81)(H,74,78)(H,75,82)(H,84,85)(H3,68,70,86)/b44-37+/t51-,53+,56-,57?,58+/m0/s1. The molecule has 4 aromatic rings. The van der Waals surface area contributed by atoms with E-state index in [0.29, 0.717) is 16.9 Å². The smallest absolute Gasteiger partial charge is 0.407 e. The highest BCUT2D eigenvalue weighted by Crippen LogP contribution is 2.30. The number of carboxylic acids is 1. The van der Waals surface area contributed by atoms with Crippen molar-refractivity contribution in [2.24, 2.45) is 23.0 Å². The van der Waals surface area contributed by atoms with Crippen LogP contribution in [0.4, 0.5) is 21.0 Å². The van der Waals surface area contributed by atoms with Crippen molar-refractivity contribution in [3.63, 3.8) is 0 Å². The summed E-state index contributed by atoms with van der Waals surface area (Å²) >= 11 is 0. The van der Waals surface area contributed by atoms with Crippen molar-refractivity contribution >= 4 is 71.0 Å². The molecule has 476 valence electrons. The average Bonchev–Trinajstić information content (AvgIpc) is 1.91. The van der Waals surface area contributed by atoms with Gasteiger partial charge in [0, 0.05) is 55.3 Å². The van der Waals surface area contributed by atoms with Crippen LogP contribution in [-0.2, 0) is 63.4 Å². The average molecular weight is 1210 g/mol. The number of carbonyl (C=O) groups excluding carboxylic acids is 8. The second-order valence-corrected chi connectivity index (χ2v) is 24.4. The first-order valence-corrected chi connectivity index (χ1v) is 29.6. The Bertz CT molecular complexity index is 3120. The van der Waals surface area contributed by atoms with E-state index in [1.807, 2.05) is 128 Å². The number of aliphatic carboxylic acids is 1. The van der Waals surface area contributed by atoms with Crippen LogP contribution in [0.15, 0.2) is 115 Å². The van der Waals surface area contributed by atoms with Crippen molar-refractivity contribution in [2.75, 3.05) is 30.9 Å². The molecule has 21 nitrogen and oxygen atoms in total. The number of carboxylic acid groups (broad SMARTS) is 1. The lowest BCUT2D eigenvalue weighted by Crippen LogP contribution is -2.61. The van der Waals surface area contributed by atoms with Gasteiger partial charge in [0.25, 0.3) is 0 Å². The molecule has 0 saturated heterocycles. The highest BCUT2D eigenvalue weighted by molar-refractivity contribution is 5.99. The van der Waals surface area contributed by atoms with Gasteiger partial charge in [0.1, 0.15) is 24.7 Å². The number of amides is 9. The van der Waals surface area contributed by atoms with Crippen LogP contribution in [0.5, 0.6) is 0 Å². The first-order chi connectivity index (χ1) is 41.4. The molecular formula is C67H92N10O11. The summed E-state index contributed by atoms with van der Waals surface area (Å²) in [5.41, 5.74) is 9.76. The molecule has 0 aromatic heterocycles. The highest BCUT2D eigenvalue weighted by atomic mass is 16.5. The number of benzene rings is 4. The summed E-state index contributed by atoms with van der Waals surface area (Å²) in [4.78, 5) is 123. The van der Waals surface area contributed by atoms with Crippen LogP contribution in [0.25, 0.3) is 6.08 Å². The molecule has 0 fully saturated rings. The van der Waals surface area contributed by atoms with Gasteiger partial charge in [-0.25, -0.2) is 14.4 Å². The number of nitrogens with one attached hydrogen (secondary N) is 7. The number of para-hydroxylation sites is 1. The van der Waals surface area contributed by atoms with E-state index in [9.17, 15) is 48.3 Å². The van der Waals surface area contributed by atoms with Crippen LogP contribution in [-0.4, -0.2) is 114 Å². The third-order valence-corrected chi connectivity index (χ3v) is 15.4. The van der Waals surface area contributed by atoms with Crippen molar-refractivity contribution in [1.29, 1.82) is 0 Å². The van der Waals surface area contributed by atoms with Gasteiger partial charge in [-0.2, -0.15) is 0 Å². The molecule has 21 heteroatoms. The number of carbonyl (C=O) groups is 9. The molecule has 0 spiro atoms. The minimum Gasteiger partial charge on any atom is -0.478 e. The van der Waals surface area contributed by atoms with Gasteiger partial charge >= 0.3 is 18.1 Å². The van der Waals surface area contributed by atoms with Gasteiger partial charge in [-0.1, -0.05) is 160 Å². The van der Waals surface area contributed by atoms with Crippen molar-refractivity contribution in [1.82, 2.24) is 36.8 Å². The zero-order valence-electron chi connectivity index (χ0n) is 53.3. The molecule has 0 aliphatic carbocycles. The predicted molar refractivity (Wildman–Crippen MR) is 342 cm³/mol. The number of ether oxygens (including phenoxy) is 1. The van der Waals surface area contributed by atoms with Gasteiger partial charge in [0.2, 0.25) is 35.4 Å². The fraction of sp³-hybridized carbons (Fsp3) is 0.448. The van der Waals surface area contributed by atoms with Crippen LogP contribution in [0.3, 0.4) is 0 Å². The predicted octanol–water partition coefficient (Wildman–Crippen LogP) is 8.00. The molecule has 10 N–H and O–H groups in total. The zero-order valence-corrected chi connectivity index (χ0v) is 53.3. The molecule has 0 aliphatic heterocycles. The Hall–Kier alpha value is -8.85. The zero-order chi connectivity index (χ0) is 65.6. The topological polar surface area (TPSA) is 300 Å². The van der Waals surface area contributed by atoms with Crippen molar-refractivity contribution in [2.45, 2.75) is 157 Å². The lowest BCUT2D eigenvalue weighted by atomic mass is 9.76. The van der Waals surface area contributed by atoms with Gasteiger partial charge in [-0.3, -0.25) is 28.8 Å². The summed E-state index contributed by atoms with van der Waals surface area (Å²) in [6, 6.07) is 23.8. The van der Waals surface area contributed by atoms with Gasteiger partial charge < -0.3 is 62.6 Å². The summed E-state index contributed by atoms with van der Waals surface area (Å²) in [6.07, 6.45) is 2.59. The number of nitrogens with zero attached hydrogens (tertiary/aromatic N) is 2. The maximum atomic E-state index is 14.1. The molecule has 0 aliphatic rings. The maximum Gasteiger partial charge on any atom is 0.407 e. The van der Waals surface area contributed by atoms with E-state index in [4.69, 9.17) is 10.5 Å².